The molecule has 0 amide bonds. The Bertz CT molecular complexity index is 639. The van der Waals surface area contributed by atoms with E-state index in [0.717, 1.165) is 17.7 Å². The standard InChI is InChI=1S/C14H11NO5/c16-13-7-6-11(8-12(13)15(18)19)14(17)20-9-10-4-2-1-3-5-10/h1-8,16H,9H2. The fourth-order valence-corrected chi connectivity index (χ4v) is 1.60. The van der Waals surface area contributed by atoms with Crippen molar-refractivity contribution in [2.24, 2.45) is 0 Å². The van der Waals surface area contributed by atoms with Crippen molar-refractivity contribution < 1.29 is 19.6 Å². The zero-order valence-corrected chi connectivity index (χ0v) is 10.4. The third-order valence-corrected chi connectivity index (χ3v) is 2.62. The molecule has 20 heavy (non-hydrogen) atoms. The van der Waals surface area contributed by atoms with Gasteiger partial charge < -0.3 is 9.84 Å². The molecule has 6 nitrogen and oxygen atoms in total. The van der Waals surface area contributed by atoms with Crippen molar-refractivity contribution in [3.63, 3.8) is 0 Å². The Hall–Kier alpha value is -2.89. The lowest BCUT2D eigenvalue weighted by Gasteiger charge is -2.05. The fraction of sp³-hybridized carbons (Fsp3) is 0.0714. The molecule has 0 heterocycles. The Morgan fingerprint density at radius 3 is 2.55 bits per heavy atom. The number of hydrogen-bond acceptors (Lipinski definition) is 5. The Morgan fingerprint density at radius 2 is 1.90 bits per heavy atom. The predicted molar refractivity (Wildman–Crippen MR) is 70.3 cm³/mol. The second kappa shape index (κ2) is 5.83. The third kappa shape index (κ3) is 3.11. The topological polar surface area (TPSA) is 89.7 Å². The molecule has 0 atom stereocenters. The molecule has 0 fully saturated rings. The van der Waals surface area contributed by atoms with Crippen molar-refractivity contribution in [2.45, 2.75) is 6.61 Å². The number of phenols is 1. The predicted octanol–water partition coefficient (Wildman–Crippen LogP) is 2.66. The Balaban J connectivity index is 2.10. The van der Waals surface area contributed by atoms with Crippen LogP contribution in [0.5, 0.6) is 5.75 Å². The number of rotatable bonds is 4. The van der Waals surface area contributed by atoms with Crippen molar-refractivity contribution in [1.29, 1.82) is 0 Å². The Kier molecular flexibility index (Phi) is 3.95. The van der Waals surface area contributed by atoms with Crippen LogP contribution in [0.15, 0.2) is 48.5 Å². The maximum Gasteiger partial charge on any atom is 0.338 e. The molecule has 0 aliphatic carbocycles. The fourth-order valence-electron chi connectivity index (χ4n) is 1.60. The van der Waals surface area contributed by atoms with E-state index in [1.807, 2.05) is 18.2 Å². The quantitative estimate of drug-likeness (QED) is 0.525. The van der Waals surface area contributed by atoms with E-state index in [9.17, 15) is 20.0 Å². The number of benzene rings is 2. The average molecular weight is 273 g/mol. The van der Waals surface area contributed by atoms with Gasteiger partial charge in [-0.1, -0.05) is 30.3 Å². The zero-order valence-electron chi connectivity index (χ0n) is 10.4. The van der Waals surface area contributed by atoms with Gasteiger partial charge in [0.1, 0.15) is 6.61 Å². The van der Waals surface area contributed by atoms with Crippen LogP contribution >= 0.6 is 0 Å². The van der Waals surface area contributed by atoms with Gasteiger partial charge >= 0.3 is 11.7 Å². The van der Waals surface area contributed by atoms with Crippen molar-refractivity contribution in [2.75, 3.05) is 0 Å². The molecule has 0 spiro atoms. The number of phenolic OH excluding ortho intramolecular Hbond substituents is 1. The van der Waals surface area contributed by atoms with Crippen LogP contribution in [0, 0.1) is 10.1 Å². The molecule has 0 aliphatic heterocycles. The Labute approximate surface area is 114 Å². The van der Waals surface area contributed by atoms with E-state index >= 15 is 0 Å². The number of esters is 1. The van der Waals surface area contributed by atoms with E-state index in [0.29, 0.717) is 0 Å². The molecule has 0 aliphatic rings. The first-order chi connectivity index (χ1) is 9.58. The van der Waals surface area contributed by atoms with Crippen molar-refractivity contribution in [1.82, 2.24) is 0 Å². The van der Waals surface area contributed by atoms with Crippen LogP contribution in [0.1, 0.15) is 15.9 Å². The van der Waals surface area contributed by atoms with Crippen LogP contribution in [-0.2, 0) is 11.3 Å². The number of hydrogen-bond donors (Lipinski definition) is 1. The molecular formula is C14H11NO5. The highest BCUT2D eigenvalue weighted by Crippen LogP contribution is 2.26. The van der Waals surface area contributed by atoms with Gasteiger partial charge in [-0.25, -0.2) is 4.79 Å². The average Bonchev–Trinajstić information content (AvgIpc) is 2.46. The minimum absolute atomic E-state index is 0.0189. The highest BCUT2D eigenvalue weighted by Gasteiger charge is 2.17. The van der Waals surface area contributed by atoms with Crippen LogP contribution in [0.4, 0.5) is 5.69 Å². The number of carbonyl (C=O) groups is 1. The normalized spacial score (nSPS) is 10.0. The molecule has 2 rings (SSSR count). The number of nitro benzene ring substituents is 1. The Morgan fingerprint density at radius 1 is 1.20 bits per heavy atom. The van der Waals surface area contributed by atoms with E-state index in [-0.39, 0.29) is 12.2 Å². The molecular weight excluding hydrogens is 262 g/mol. The summed E-state index contributed by atoms with van der Waals surface area (Å²) in [6, 6.07) is 12.4. The van der Waals surface area contributed by atoms with Crippen molar-refractivity contribution in [3.8, 4) is 5.75 Å². The van der Waals surface area contributed by atoms with Gasteiger partial charge in [0.2, 0.25) is 0 Å². The number of ether oxygens (including phenoxy) is 1. The molecule has 0 bridgehead atoms. The minimum atomic E-state index is -0.761. The lowest BCUT2D eigenvalue weighted by atomic mass is 10.2. The number of aromatic hydroxyl groups is 1. The summed E-state index contributed by atoms with van der Waals surface area (Å²) in [4.78, 5) is 21.7. The molecule has 0 aromatic heterocycles. The summed E-state index contributed by atoms with van der Waals surface area (Å²) in [5, 5.41) is 20.0. The number of nitrogens with zero attached hydrogens (tertiary/aromatic N) is 1. The van der Waals surface area contributed by atoms with Crippen LogP contribution < -0.4 is 0 Å². The number of carbonyl (C=O) groups excluding carboxylic acids is 1. The summed E-state index contributed by atoms with van der Waals surface area (Å²) in [6.07, 6.45) is 0. The maximum absolute atomic E-state index is 11.8. The lowest BCUT2D eigenvalue weighted by Crippen LogP contribution is -2.05. The summed E-state index contributed by atoms with van der Waals surface area (Å²) in [6.45, 7) is 0.0777. The van der Waals surface area contributed by atoms with Gasteiger partial charge in [0.25, 0.3) is 0 Å². The summed E-state index contributed by atoms with van der Waals surface area (Å²) in [7, 11) is 0. The molecule has 0 unspecified atom stereocenters. The van der Waals surface area contributed by atoms with E-state index in [2.05, 4.69) is 0 Å². The van der Waals surface area contributed by atoms with Gasteiger partial charge in [0.05, 0.1) is 10.5 Å². The van der Waals surface area contributed by atoms with Crippen LogP contribution in [-0.4, -0.2) is 16.0 Å². The SMILES string of the molecule is O=C(OCc1ccccc1)c1ccc(O)c([N+](=O)[O-])c1. The van der Waals surface area contributed by atoms with Gasteiger partial charge in [-0.2, -0.15) is 0 Å². The first kappa shape index (κ1) is 13.5. The second-order valence-corrected chi connectivity index (χ2v) is 4.02. The molecule has 2 aromatic carbocycles. The molecule has 0 saturated carbocycles. The van der Waals surface area contributed by atoms with Crippen LogP contribution in [0.3, 0.4) is 0 Å². The summed E-state index contributed by atoms with van der Waals surface area (Å²) in [5.41, 5.74) is 0.304. The highest BCUT2D eigenvalue weighted by atomic mass is 16.6. The van der Waals surface area contributed by atoms with Gasteiger partial charge in [-0.05, 0) is 17.7 Å². The summed E-state index contributed by atoms with van der Waals surface area (Å²) >= 11 is 0. The molecule has 2 aromatic rings. The van der Waals surface area contributed by atoms with E-state index < -0.39 is 22.3 Å². The van der Waals surface area contributed by atoms with E-state index in [4.69, 9.17) is 4.74 Å². The molecule has 0 radical (unpaired) electrons. The van der Waals surface area contributed by atoms with Gasteiger partial charge in [-0.3, -0.25) is 10.1 Å². The monoisotopic (exact) mass is 273 g/mol. The third-order valence-electron chi connectivity index (χ3n) is 2.62. The molecule has 102 valence electrons. The van der Waals surface area contributed by atoms with Gasteiger partial charge in [0, 0.05) is 6.07 Å². The molecule has 1 N–H and O–H groups in total. The first-order valence-corrected chi connectivity index (χ1v) is 5.76. The van der Waals surface area contributed by atoms with E-state index in [1.54, 1.807) is 12.1 Å². The molecule has 0 saturated heterocycles. The highest BCUT2D eigenvalue weighted by molar-refractivity contribution is 5.90. The smallest absolute Gasteiger partial charge is 0.338 e. The maximum atomic E-state index is 11.8. The molecule has 6 heteroatoms. The first-order valence-electron chi connectivity index (χ1n) is 5.76. The second-order valence-electron chi connectivity index (χ2n) is 4.02. The lowest BCUT2D eigenvalue weighted by molar-refractivity contribution is -0.385. The summed E-state index contributed by atoms with van der Waals surface area (Å²) < 4.78 is 5.05. The van der Waals surface area contributed by atoms with Gasteiger partial charge in [0.15, 0.2) is 5.75 Å². The minimum Gasteiger partial charge on any atom is -0.502 e. The largest absolute Gasteiger partial charge is 0.502 e. The van der Waals surface area contributed by atoms with Crippen LogP contribution in [0.25, 0.3) is 0 Å². The van der Waals surface area contributed by atoms with E-state index in [1.165, 1.54) is 6.07 Å². The van der Waals surface area contributed by atoms with Gasteiger partial charge in [-0.15, -0.1) is 0 Å². The zero-order chi connectivity index (χ0) is 14.5. The van der Waals surface area contributed by atoms with Crippen molar-refractivity contribution in [3.05, 3.63) is 69.8 Å². The van der Waals surface area contributed by atoms with Crippen molar-refractivity contribution >= 4 is 11.7 Å². The number of nitro groups is 1. The summed E-state index contributed by atoms with van der Waals surface area (Å²) in [5.74, 6) is -1.17. The van der Waals surface area contributed by atoms with Crippen LogP contribution in [0.2, 0.25) is 0 Å².